The van der Waals surface area contributed by atoms with Crippen LogP contribution < -0.4 is 5.32 Å². The standard InChI is InChI=1S/C14H13NO4S/c1-20(18,19)11-8-6-10(7-9-11)14(17)15-12-4-2-3-5-13(12)16/h2-9,16H,1H3,(H,15,17). The Hall–Kier alpha value is -2.34. The lowest BCUT2D eigenvalue weighted by Crippen LogP contribution is -2.12. The van der Waals surface area contributed by atoms with Crippen LogP contribution in [-0.4, -0.2) is 25.7 Å². The quantitative estimate of drug-likeness (QED) is 0.848. The molecule has 0 aliphatic heterocycles. The number of sulfone groups is 1. The molecule has 2 aromatic carbocycles. The molecule has 5 nitrogen and oxygen atoms in total. The number of hydrogen-bond donors (Lipinski definition) is 2. The summed E-state index contributed by atoms with van der Waals surface area (Å²) in [6, 6.07) is 11.9. The third-order valence-corrected chi connectivity index (χ3v) is 3.83. The summed E-state index contributed by atoms with van der Waals surface area (Å²) in [6.45, 7) is 0. The van der Waals surface area contributed by atoms with Crippen molar-refractivity contribution >= 4 is 21.4 Å². The summed E-state index contributed by atoms with van der Waals surface area (Å²) < 4.78 is 22.6. The summed E-state index contributed by atoms with van der Waals surface area (Å²) in [7, 11) is -3.28. The molecule has 2 N–H and O–H groups in total. The Balaban J connectivity index is 2.20. The van der Waals surface area contributed by atoms with Crippen LogP contribution in [0.4, 0.5) is 5.69 Å². The highest BCUT2D eigenvalue weighted by molar-refractivity contribution is 7.90. The van der Waals surface area contributed by atoms with E-state index in [0.29, 0.717) is 11.3 Å². The van der Waals surface area contributed by atoms with Crippen LogP contribution in [0.3, 0.4) is 0 Å². The number of benzene rings is 2. The maximum atomic E-state index is 12.0. The Labute approximate surface area is 116 Å². The van der Waals surface area contributed by atoms with Crippen molar-refractivity contribution in [2.45, 2.75) is 4.90 Å². The number of rotatable bonds is 3. The minimum absolute atomic E-state index is 0.0337. The lowest BCUT2D eigenvalue weighted by Gasteiger charge is -2.07. The van der Waals surface area contributed by atoms with E-state index in [2.05, 4.69) is 5.32 Å². The normalized spacial score (nSPS) is 11.1. The highest BCUT2D eigenvalue weighted by atomic mass is 32.2. The van der Waals surface area contributed by atoms with Crippen molar-refractivity contribution in [3.8, 4) is 5.75 Å². The monoisotopic (exact) mass is 291 g/mol. The van der Waals surface area contributed by atoms with Crippen LogP contribution in [0.2, 0.25) is 0 Å². The van der Waals surface area contributed by atoms with Crippen molar-refractivity contribution < 1.29 is 18.3 Å². The summed E-state index contributed by atoms with van der Waals surface area (Å²) in [4.78, 5) is 12.1. The minimum Gasteiger partial charge on any atom is -0.506 e. The van der Waals surface area contributed by atoms with Gasteiger partial charge < -0.3 is 10.4 Å². The topological polar surface area (TPSA) is 83.5 Å². The minimum atomic E-state index is -3.28. The van der Waals surface area contributed by atoms with E-state index in [-0.39, 0.29) is 10.6 Å². The van der Waals surface area contributed by atoms with Gasteiger partial charge in [0.05, 0.1) is 10.6 Å². The third kappa shape index (κ3) is 3.16. The molecule has 0 atom stereocenters. The molecule has 0 spiro atoms. The molecule has 104 valence electrons. The molecule has 2 aromatic rings. The molecule has 0 radical (unpaired) electrons. The van der Waals surface area contributed by atoms with Gasteiger partial charge in [-0.1, -0.05) is 12.1 Å². The van der Waals surface area contributed by atoms with Gasteiger partial charge in [-0.25, -0.2) is 8.42 Å². The summed E-state index contributed by atoms with van der Waals surface area (Å²) >= 11 is 0. The van der Waals surface area contributed by atoms with E-state index in [0.717, 1.165) is 6.26 Å². The second-order valence-corrected chi connectivity index (χ2v) is 6.28. The number of aromatic hydroxyl groups is 1. The Morgan fingerprint density at radius 3 is 2.20 bits per heavy atom. The van der Waals surface area contributed by atoms with Crippen molar-refractivity contribution in [1.29, 1.82) is 0 Å². The molecular weight excluding hydrogens is 278 g/mol. The molecule has 0 bridgehead atoms. The zero-order chi connectivity index (χ0) is 14.8. The van der Waals surface area contributed by atoms with Crippen LogP contribution in [0.25, 0.3) is 0 Å². The molecule has 0 unspecified atom stereocenters. The zero-order valence-electron chi connectivity index (χ0n) is 10.7. The van der Waals surface area contributed by atoms with E-state index in [1.165, 1.54) is 30.3 Å². The van der Waals surface area contributed by atoms with Crippen LogP contribution in [0.15, 0.2) is 53.4 Å². The number of hydrogen-bond acceptors (Lipinski definition) is 4. The highest BCUT2D eigenvalue weighted by Crippen LogP contribution is 2.22. The first-order chi connectivity index (χ1) is 9.38. The lowest BCUT2D eigenvalue weighted by molar-refractivity contribution is 0.102. The van der Waals surface area contributed by atoms with Crippen molar-refractivity contribution in [2.24, 2.45) is 0 Å². The van der Waals surface area contributed by atoms with E-state index in [1.54, 1.807) is 18.2 Å². The highest BCUT2D eigenvalue weighted by Gasteiger charge is 2.11. The first-order valence-corrected chi connectivity index (χ1v) is 7.66. The summed E-state index contributed by atoms with van der Waals surface area (Å²) in [5.41, 5.74) is 0.602. The first kappa shape index (κ1) is 14.1. The number of anilines is 1. The molecule has 6 heteroatoms. The maximum absolute atomic E-state index is 12.0. The lowest BCUT2D eigenvalue weighted by atomic mass is 10.2. The van der Waals surface area contributed by atoms with Crippen LogP contribution in [0, 0.1) is 0 Å². The van der Waals surface area contributed by atoms with Crippen molar-refractivity contribution in [2.75, 3.05) is 11.6 Å². The molecule has 1 amide bonds. The molecule has 0 aliphatic carbocycles. The fourth-order valence-corrected chi connectivity index (χ4v) is 2.26. The predicted molar refractivity (Wildman–Crippen MR) is 75.6 cm³/mol. The SMILES string of the molecule is CS(=O)(=O)c1ccc(C(=O)Nc2ccccc2O)cc1. The Morgan fingerprint density at radius 2 is 1.65 bits per heavy atom. The third-order valence-electron chi connectivity index (χ3n) is 2.70. The van der Waals surface area contributed by atoms with Crippen LogP contribution >= 0.6 is 0 Å². The Bertz CT molecular complexity index is 736. The molecule has 0 saturated heterocycles. The molecule has 0 heterocycles. The van der Waals surface area contributed by atoms with E-state index >= 15 is 0 Å². The second-order valence-electron chi connectivity index (χ2n) is 4.27. The molecule has 2 rings (SSSR count). The van der Waals surface area contributed by atoms with E-state index in [9.17, 15) is 18.3 Å². The number of nitrogens with one attached hydrogen (secondary N) is 1. The number of carbonyl (C=O) groups excluding carboxylic acids is 1. The van der Waals surface area contributed by atoms with Gasteiger partial charge in [0.25, 0.3) is 5.91 Å². The predicted octanol–water partition coefficient (Wildman–Crippen LogP) is 2.05. The Kier molecular flexibility index (Phi) is 3.76. The smallest absolute Gasteiger partial charge is 0.255 e. The van der Waals surface area contributed by atoms with Crippen LogP contribution in [0.1, 0.15) is 10.4 Å². The van der Waals surface area contributed by atoms with Gasteiger partial charge in [-0.05, 0) is 36.4 Å². The molecular formula is C14H13NO4S. The molecule has 0 saturated carbocycles. The maximum Gasteiger partial charge on any atom is 0.255 e. The van der Waals surface area contributed by atoms with Gasteiger partial charge in [0.1, 0.15) is 5.75 Å². The van der Waals surface area contributed by atoms with Gasteiger partial charge in [0.2, 0.25) is 0 Å². The largest absolute Gasteiger partial charge is 0.506 e. The summed E-state index contributed by atoms with van der Waals surface area (Å²) in [5, 5.41) is 12.1. The van der Waals surface area contributed by atoms with Gasteiger partial charge in [0.15, 0.2) is 9.84 Å². The average molecular weight is 291 g/mol. The molecule has 0 aliphatic rings. The summed E-state index contributed by atoms with van der Waals surface area (Å²) in [5.74, 6) is -0.458. The van der Waals surface area contributed by atoms with Gasteiger partial charge in [-0.3, -0.25) is 4.79 Å². The van der Waals surface area contributed by atoms with E-state index < -0.39 is 15.7 Å². The second kappa shape index (κ2) is 5.34. The first-order valence-electron chi connectivity index (χ1n) is 5.77. The van der Waals surface area contributed by atoms with Crippen LogP contribution in [0.5, 0.6) is 5.75 Å². The van der Waals surface area contributed by atoms with Crippen molar-refractivity contribution in [1.82, 2.24) is 0 Å². The fraction of sp³-hybridized carbons (Fsp3) is 0.0714. The number of amides is 1. The van der Waals surface area contributed by atoms with E-state index in [4.69, 9.17) is 0 Å². The number of phenols is 1. The molecule has 0 aromatic heterocycles. The van der Waals surface area contributed by atoms with E-state index in [1.807, 2.05) is 0 Å². The van der Waals surface area contributed by atoms with Gasteiger partial charge in [-0.2, -0.15) is 0 Å². The number of para-hydroxylation sites is 2. The van der Waals surface area contributed by atoms with Gasteiger partial charge >= 0.3 is 0 Å². The molecule has 0 fully saturated rings. The average Bonchev–Trinajstić information content (AvgIpc) is 2.40. The molecule has 20 heavy (non-hydrogen) atoms. The summed E-state index contributed by atoms with van der Waals surface area (Å²) in [6.07, 6.45) is 1.10. The zero-order valence-corrected chi connectivity index (χ0v) is 11.5. The number of phenolic OH excluding ortho intramolecular Hbond substituents is 1. The van der Waals surface area contributed by atoms with Gasteiger partial charge in [0, 0.05) is 11.8 Å². The van der Waals surface area contributed by atoms with Crippen molar-refractivity contribution in [3.05, 3.63) is 54.1 Å². The van der Waals surface area contributed by atoms with Crippen molar-refractivity contribution in [3.63, 3.8) is 0 Å². The van der Waals surface area contributed by atoms with Gasteiger partial charge in [-0.15, -0.1) is 0 Å². The Morgan fingerprint density at radius 1 is 1.05 bits per heavy atom. The number of carbonyl (C=O) groups is 1. The van der Waals surface area contributed by atoms with Crippen LogP contribution in [-0.2, 0) is 9.84 Å². The fourth-order valence-electron chi connectivity index (χ4n) is 1.63.